The number of amides is 3. The van der Waals surface area contributed by atoms with Gasteiger partial charge in [0.1, 0.15) is 11.3 Å². The maximum atomic E-state index is 14.1. The van der Waals surface area contributed by atoms with Gasteiger partial charge in [0.15, 0.2) is 6.10 Å². The van der Waals surface area contributed by atoms with Gasteiger partial charge >= 0.3 is 18.0 Å². The normalized spacial score (nSPS) is 14.7. The third-order valence-electron chi connectivity index (χ3n) is 7.10. The summed E-state index contributed by atoms with van der Waals surface area (Å²) in [4.78, 5) is 72.2. The molecule has 2 unspecified atom stereocenters. The molecule has 1 aliphatic heterocycles. The van der Waals surface area contributed by atoms with Crippen LogP contribution in [0.5, 0.6) is 5.75 Å². The largest absolute Gasteiger partial charge is 0.477 e. The van der Waals surface area contributed by atoms with Crippen molar-refractivity contribution in [1.82, 2.24) is 14.8 Å². The van der Waals surface area contributed by atoms with E-state index in [0.717, 1.165) is 0 Å². The van der Waals surface area contributed by atoms with Crippen molar-refractivity contribution >= 4 is 40.7 Å². The monoisotopic (exact) mass is 600 g/mol. The Balaban J connectivity index is 2.14. The first kappa shape index (κ1) is 33.1. The zero-order valence-corrected chi connectivity index (χ0v) is 25.3. The molecule has 1 aliphatic rings. The van der Waals surface area contributed by atoms with Crippen molar-refractivity contribution < 1.29 is 42.9 Å². The highest BCUT2D eigenvalue weighted by atomic mass is 16.6. The number of aromatic nitrogens is 1. The Morgan fingerprint density at radius 1 is 0.953 bits per heavy atom. The first-order valence-electron chi connectivity index (χ1n) is 14.4. The van der Waals surface area contributed by atoms with Gasteiger partial charge in [0.05, 0.1) is 37.5 Å². The number of piperazine rings is 1. The Kier molecular flexibility index (Phi) is 11.7. The molecule has 0 saturated carbocycles. The van der Waals surface area contributed by atoms with Gasteiger partial charge in [-0.05, 0) is 32.4 Å². The van der Waals surface area contributed by atoms with Gasteiger partial charge in [0, 0.05) is 43.9 Å². The van der Waals surface area contributed by atoms with Crippen LogP contribution in [0.3, 0.4) is 0 Å². The van der Waals surface area contributed by atoms with Gasteiger partial charge in [-0.2, -0.15) is 0 Å². The molecule has 2 atom stereocenters. The zero-order chi connectivity index (χ0) is 31.7. The maximum Gasteiger partial charge on any atom is 0.409 e. The number of carbonyl (C=O) groups excluding carboxylic acids is 5. The standard InChI is InChI=1S/C30H40N4O9/c1-6-41-29(38)25(18(3)4)43-26-19-10-8-9-11-21(19)32-24(23(26)27(31)36)20(12-13-22(35)40-5)28(37)33-14-16-34(17-15-33)30(39)42-7-2/h8-11,18,20,25H,6-7,12-17H2,1-5H3,(H2,31,36). The number of carbonyl (C=O) groups is 5. The quantitative estimate of drug-likeness (QED) is 0.282. The molecule has 1 aromatic carbocycles. The smallest absolute Gasteiger partial charge is 0.409 e. The Hall–Kier alpha value is -4.42. The van der Waals surface area contributed by atoms with Crippen LogP contribution in [0.4, 0.5) is 4.79 Å². The van der Waals surface area contributed by atoms with E-state index in [1.165, 1.54) is 12.0 Å². The predicted octanol–water partition coefficient (Wildman–Crippen LogP) is 2.64. The summed E-state index contributed by atoms with van der Waals surface area (Å²) in [5, 5.41) is 0.414. The summed E-state index contributed by atoms with van der Waals surface area (Å²) in [6.45, 7) is 8.18. The van der Waals surface area contributed by atoms with Crippen LogP contribution in [0.1, 0.15) is 62.5 Å². The lowest BCUT2D eigenvalue weighted by molar-refractivity contribution is -0.153. The SMILES string of the molecule is CCOC(=O)C(Oc1c(C(N)=O)c(C(CCC(=O)OC)C(=O)N2CCN(C(=O)OCC)CC2)nc2ccccc12)C(C)C. The number of pyridine rings is 1. The number of nitrogens with zero attached hydrogens (tertiary/aromatic N) is 3. The number of methoxy groups -OCH3 is 1. The van der Waals surface area contributed by atoms with Gasteiger partial charge in [-0.1, -0.05) is 26.0 Å². The molecule has 2 heterocycles. The van der Waals surface area contributed by atoms with Crippen LogP contribution < -0.4 is 10.5 Å². The number of primary amides is 1. The lowest BCUT2D eigenvalue weighted by Gasteiger charge is -2.36. The van der Waals surface area contributed by atoms with Crippen molar-refractivity contribution in [2.75, 3.05) is 46.5 Å². The van der Waals surface area contributed by atoms with Crippen LogP contribution >= 0.6 is 0 Å². The predicted molar refractivity (Wildman–Crippen MR) is 155 cm³/mol. The van der Waals surface area contributed by atoms with E-state index in [1.54, 1.807) is 56.9 Å². The highest BCUT2D eigenvalue weighted by molar-refractivity contribution is 6.04. The van der Waals surface area contributed by atoms with Crippen LogP contribution in [0.25, 0.3) is 10.9 Å². The van der Waals surface area contributed by atoms with E-state index in [9.17, 15) is 24.0 Å². The highest BCUT2D eigenvalue weighted by Crippen LogP contribution is 2.37. The van der Waals surface area contributed by atoms with E-state index < -0.39 is 41.9 Å². The lowest BCUT2D eigenvalue weighted by Crippen LogP contribution is -2.52. The average molecular weight is 601 g/mol. The van der Waals surface area contributed by atoms with Crippen molar-refractivity contribution in [1.29, 1.82) is 0 Å². The number of benzene rings is 1. The van der Waals surface area contributed by atoms with Gasteiger partial charge in [-0.3, -0.25) is 19.4 Å². The second-order valence-electron chi connectivity index (χ2n) is 10.3. The van der Waals surface area contributed by atoms with E-state index in [4.69, 9.17) is 29.7 Å². The van der Waals surface area contributed by atoms with Gasteiger partial charge in [0.2, 0.25) is 5.91 Å². The van der Waals surface area contributed by atoms with Crippen LogP contribution in [-0.2, 0) is 28.6 Å². The van der Waals surface area contributed by atoms with Gasteiger partial charge in [-0.15, -0.1) is 0 Å². The third kappa shape index (κ3) is 7.90. The van der Waals surface area contributed by atoms with Crippen molar-refractivity contribution in [3.05, 3.63) is 35.5 Å². The molecule has 43 heavy (non-hydrogen) atoms. The maximum absolute atomic E-state index is 14.1. The second kappa shape index (κ2) is 15.2. The fourth-order valence-corrected chi connectivity index (χ4v) is 4.91. The number of nitrogens with two attached hydrogens (primary N) is 1. The van der Waals surface area contributed by atoms with E-state index >= 15 is 0 Å². The molecule has 3 amide bonds. The van der Waals surface area contributed by atoms with E-state index in [1.807, 2.05) is 0 Å². The van der Waals surface area contributed by atoms with Crippen LogP contribution in [-0.4, -0.2) is 97.2 Å². The molecular formula is C30H40N4O9. The number of hydrogen-bond acceptors (Lipinski definition) is 10. The summed E-state index contributed by atoms with van der Waals surface area (Å²) in [6, 6.07) is 6.82. The molecule has 1 saturated heterocycles. The van der Waals surface area contributed by atoms with Crippen LogP contribution in [0.15, 0.2) is 24.3 Å². The molecule has 13 heteroatoms. The fraction of sp³-hybridized carbons (Fsp3) is 0.533. The van der Waals surface area contributed by atoms with Crippen LogP contribution in [0, 0.1) is 5.92 Å². The molecule has 0 bridgehead atoms. The summed E-state index contributed by atoms with van der Waals surface area (Å²) in [6.07, 6.45) is -1.74. The Morgan fingerprint density at radius 3 is 2.16 bits per heavy atom. The minimum absolute atomic E-state index is 0.00264. The van der Waals surface area contributed by atoms with Gasteiger partial charge in [0.25, 0.3) is 5.91 Å². The minimum atomic E-state index is -1.09. The molecule has 2 N–H and O–H groups in total. The van der Waals surface area contributed by atoms with E-state index in [-0.39, 0.29) is 75.2 Å². The number of rotatable bonds is 12. The van der Waals surface area contributed by atoms with Crippen molar-refractivity contribution in [2.24, 2.45) is 11.7 Å². The molecule has 234 valence electrons. The van der Waals surface area contributed by atoms with E-state index in [2.05, 4.69) is 0 Å². The zero-order valence-electron chi connectivity index (χ0n) is 25.3. The minimum Gasteiger partial charge on any atom is -0.477 e. The number of para-hydroxylation sites is 1. The van der Waals surface area contributed by atoms with Crippen molar-refractivity contribution in [3.8, 4) is 5.75 Å². The van der Waals surface area contributed by atoms with Crippen LogP contribution in [0.2, 0.25) is 0 Å². The number of ether oxygens (including phenoxy) is 4. The third-order valence-corrected chi connectivity index (χ3v) is 7.10. The molecule has 13 nitrogen and oxygen atoms in total. The summed E-state index contributed by atoms with van der Waals surface area (Å²) in [5.41, 5.74) is 6.17. The molecule has 3 rings (SSSR count). The molecule has 0 radical (unpaired) electrons. The molecule has 0 aliphatic carbocycles. The molecule has 2 aromatic rings. The van der Waals surface area contributed by atoms with Gasteiger partial charge < -0.3 is 34.5 Å². The molecule has 1 fully saturated rings. The summed E-state index contributed by atoms with van der Waals surface area (Å²) < 4.78 is 21.3. The number of esters is 2. The summed E-state index contributed by atoms with van der Waals surface area (Å²) >= 11 is 0. The molecular weight excluding hydrogens is 560 g/mol. The lowest BCUT2D eigenvalue weighted by atomic mass is 9.91. The summed E-state index contributed by atoms with van der Waals surface area (Å²) in [5.74, 6) is -3.93. The Bertz CT molecular complexity index is 1340. The number of hydrogen-bond donors (Lipinski definition) is 1. The Morgan fingerprint density at radius 2 is 1.58 bits per heavy atom. The molecule has 1 aromatic heterocycles. The molecule has 0 spiro atoms. The highest BCUT2D eigenvalue weighted by Gasteiger charge is 2.37. The first-order chi connectivity index (χ1) is 20.5. The average Bonchev–Trinajstić information content (AvgIpc) is 2.99. The first-order valence-corrected chi connectivity index (χ1v) is 14.4. The van der Waals surface area contributed by atoms with Gasteiger partial charge in [-0.25, -0.2) is 9.59 Å². The van der Waals surface area contributed by atoms with Crippen molar-refractivity contribution in [2.45, 2.75) is 52.6 Å². The van der Waals surface area contributed by atoms with Crippen molar-refractivity contribution in [3.63, 3.8) is 0 Å². The van der Waals surface area contributed by atoms with E-state index in [0.29, 0.717) is 10.9 Å². The summed E-state index contributed by atoms with van der Waals surface area (Å²) in [7, 11) is 1.24. The Labute approximate surface area is 250 Å². The fourth-order valence-electron chi connectivity index (χ4n) is 4.91. The number of fused-ring (bicyclic) bond motifs is 1. The topological polar surface area (TPSA) is 168 Å². The second-order valence-corrected chi connectivity index (χ2v) is 10.3.